The Kier molecular flexibility index (Phi) is 4.00. The Labute approximate surface area is 178 Å². The van der Waals surface area contributed by atoms with Crippen LogP contribution in [-0.4, -0.2) is 39.2 Å². The quantitative estimate of drug-likeness (QED) is 0.226. The molecule has 0 spiro atoms. The van der Waals surface area contributed by atoms with Crippen molar-refractivity contribution in [3.05, 3.63) is 53.0 Å². The summed E-state index contributed by atoms with van der Waals surface area (Å²) >= 11 is 3.76. The molecule has 0 bridgehead atoms. The lowest BCUT2D eigenvalue weighted by Gasteiger charge is -2.22. The number of halogens is 1. The van der Waals surface area contributed by atoms with Gasteiger partial charge in [-0.1, -0.05) is 69.3 Å². The third-order valence-electron chi connectivity index (χ3n) is 6.88. The highest BCUT2D eigenvalue weighted by molar-refractivity contribution is 9.10. The summed E-state index contributed by atoms with van der Waals surface area (Å²) in [4.78, 5) is 0. The third kappa shape index (κ3) is 2.31. The Morgan fingerprint density at radius 3 is 1.61 bits per heavy atom. The Balaban J connectivity index is 2.00. The molecule has 0 N–H and O–H groups in total. The summed E-state index contributed by atoms with van der Waals surface area (Å²) in [5.74, 6) is 0. The van der Waals surface area contributed by atoms with Crippen LogP contribution in [0.15, 0.2) is 53.0 Å². The van der Waals surface area contributed by atoms with Crippen molar-refractivity contribution in [2.75, 3.05) is 0 Å². The molecule has 0 saturated heterocycles. The van der Waals surface area contributed by atoms with Crippen molar-refractivity contribution in [2.24, 2.45) is 0 Å². The molecule has 28 heavy (non-hydrogen) atoms. The van der Waals surface area contributed by atoms with Gasteiger partial charge in [0.05, 0.1) is 0 Å². The lowest BCUT2D eigenvalue weighted by molar-refractivity contribution is 1.74. The molecule has 128 valence electrons. The van der Waals surface area contributed by atoms with E-state index in [2.05, 4.69) is 104 Å². The fourth-order valence-electron chi connectivity index (χ4n) is 4.89. The monoisotopic (exact) mass is 416 g/mol. The van der Waals surface area contributed by atoms with Gasteiger partial charge in [0.2, 0.25) is 0 Å². The molecule has 0 aromatic heterocycles. The van der Waals surface area contributed by atoms with E-state index < -0.39 is 0 Å². The van der Waals surface area contributed by atoms with Gasteiger partial charge in [-0.05, 0) is 49.5 Å². The SMILES string of the molecule is Bc1c(B)c(B)c(-c2ccc3ccc4c(Br)ccc5ccc2c3c54)c(B)c1B. The van der Waals surface area contributed by atoms with E-state index in [9.17, 15) is 0 Å². The number of benzene rings is 5. The molecular formula is C22H18B5Br. The minimum absolute atomic E-state index is 1.16. The van der Waals surface area contributed by atoms with E-state index in [1.54, 1.807) is 0 Å². The Morgan fingerprint density at radius 2 is 0.964 bits per heavy atom. The molecule has 0 aliphatic rings. The second-order valence-electron chi connectivity index (χ2n) is 8.08. The van der Waals surface area contributed by atoms with Gasteiger partial charge in [-0.15, -0.1) is 16.4 Å². The van der Waals surface area contributed by atoms with Gasteiger partial charge in [0.25, 0.3) is 0 Å². The second-order valence-corrected chi connectivity index (χ2v) is 8.94. The molecule has 0 radical (unpaired) electrons. The molecule has 0 nitrogen and oxygen atoms in total. The summed E-state index contributed by atoms with van der Waals surface area (Å²) in [6.07, 6.45) is 0. The molecule has 0 atom stereocenters. The van der Waals surface area contributed by atoms with Crippen molar-refractivity contribution < 1.29 is 0 Å². The van der Waals surface area contributed by atoms with Gasteiger partial charge < -0.3 is 0 Å². The first-order valence-corrected chi connectivity index (χ1v) is 10.6. The summed E-state index contributed by atoms with van der Waals surface area (Å²) < 4.78 is 1.16. The highest BCUT2D eigenvalue weighted by Gasteiger charge is 2.17. The van der Waals surface area contributed by atoms with Crippen molar-refractivity contribution in [3.63, 3.8) is 0 Å². The van der Waals surface area contributed by atoms with Crippen LogP contribution in [0.1, 0.15) is 0 Å². The van der Waals surface area contributed by atoms with Crippen molar-refractivity contribution in [2.45, 2.75) is 0 Å². The van der Waals surface area contributed by atoms with E-state index in [1.165, 1.54) is 70.8 Å². The lowest BCUT2D eigenvalue weighted by Crippen LogP contribution is -2.55. The zero-order chi connectivity index (χ0) is 19.7. The van der Waals surface area contributed by atoms with Crippen LogP contribution in [0, 0.1) is 0 Å². The van der Waals surface area contributed by atoms with Gasteiger partial charge in [0.1, 0.15) is 39.2 Å². The molecule has 5 aromatic carbocycles. The summed E-state index contributed by atoms with van der Waals surface area (Å²) in [5.41, 5.74) is 9.78. The first-order chi connectivity index (χ1) is 13.4. The predicted octanol–water partition coefficient (Wildman–Crippen LogP) is -1.69. The van der Waals surface area contributed by atoms with Crippen LogP contribution in [0.4, 0.5) is 0 Å². The Hall–Kier alpha value is -2.06. The number of rotatable bonds is 1. The Bertz CT molecular complexity index is 1400. The first kappa shape index (κ1) is 18.0. The topological polar surface area (TPSA) is 0 Å². The highest BCUT2D eigenvalue weighted by atomic mass is 79.9. The van der Waals surface area contributed by atoms with Crippen LogP contribution in [0.3, 0.4) is 0 Å². The van der Waals surface area contributed by atoms with E-state index >= 15 is 0 Å². The van der Waals surface area contributed by atoms with Gasteiger partial charge in [0, 0.05) is 4.47 Å². The minimum Gasteiger partial charge on any atom is -0.102 e. The standard InChI is InChI=1S/C22H18B5Br/c23-18-17(19(24)21(26)22(27)20(18)25)12-6-2-9-3-7-13-14(28)8-4-10-1-5-11(12)15(9)16(10)13/h1-8H,23-27H2. The highest BCUT2D eigenvalue weighted by Crippen LogP contribution is 2.40. The molecule has 5 rings (SSSR count). The molecule has 0 heterocycles. The molecular weight excluding hydrogens is 398 g/mol. The average Bonchev–Trinajstić information content (AvgIpc) is 2.71. The van der Waals surface area contributed by atoms with E-state index in [0.29, 0.717) is 0 Å². The number of hydrogen-bond acceptors (Lipinski definition) is 0. The maximum absolute atomic E-state index is 3.76. The summed E-state index contributed by atoms with van der Waals surface area (Å²) in [6.45, 7) is 0. The number of hydrogen-bond donors (Lipinski definition) is 0. The van der Waals surface area contributed by atoms with E-state index in [0.717, 1.165) is 4.47 Å². The molecule has 0 amide bonds. The Morgan fingerprint density at radius 1 is 0.500 bits per heavy atom. The fourth-order valence-corrected chi connectivity index (χ4v) is 5.35. The van der Waals surface area contributed by atoms with Crippen LogP contribution in [0.25, 0.3) is 43.4 Å². The first-order valence-electron chi connectivity index (χ1n) is 9.83. The van der Waals surface area contributed by atoms with Crippen LogP contribution < -0.4 is 27.3 Å². The molecule has 0 saturated carbocycles. The minimum atomic E-state index is 1.16. The van der Waals surface area contributed by atoms with Gasteiger partial charge in [-0.25, -0.2) is 0 Å². The largest absolute Gasteiger partial charge is 0.139 e. The summed E-state index contributed by atoms with van der Waals surface area (Å²) in [6, 6.07) is 18.1. The van der Waals surface area contributed by atoms with Crippen LogP contribution in [-0.2, 0) is 0 Å². The van der Waals surface area contributed by atoms with E-state index in [1.807, 2.05) is 0 Å². The second kappa shape index (κ2) is 6.22. The van der Waals surface area contributed by atoms with Crippen molar-refractivity contribution >= 4 is 115 Å². The van der Waals surface area contributed by atoms with Gasteiger partial charge in [0.15, 0.2) is 0 Å². The van der Waals surface area contributed by atoms with Crippen molar-refractivity contribution in [1.82, 2.24) is 0 Å². The van der Waals surface area contributed by atoms with Gasteiger partial charge in [-0.2, -0.15) is 0 Å². The molecule has 0 unspecified atom stereocenters. The van der Waals surface area contributed by atoms with Crippen molar-refractivity contribution in [3.8, 4) is 11.1 Å². The fraction of sp³-hybridized carbons (Fsp3) is 0. The van der Waals surface area contributed by atoms with Gasteiger partial charge >= 0.3 is 0 Å². The molecule has 5 aromatic rings. The maximum Gasteiger partial charge on any atom is 0.139 e. The van der Waals surface area contributed by atoms with Crippen molar-refractivity contribution in [1.29, 1.82) is 0 Å². The summed E-state index contributed by atoms with van der Waals surface area (Å²) in [5, 5.41) is 7.99. The maximum atomic E-state index is 3.76. The zero-order valence-electron chi connectivity index (χ0n) is 17.0. The van der Waals surface area contributed by atoms with Crippen LogP contribution in [0.2, 0.25) is 0 Å². The van der Waals surface area contributed by atoms with Gasteiger partial charge in [-0.3, -0.25) is 0 Å². The predicted molar refractivity (Wildman–Crippen MR) is 144 cm³/mol. The normalized spacial score (nSPS) is 11.8. The van der Waals surface area contributed by atoms with E-state index in [4.69, 9.17) is 0 Å². The van der Waals surface area contributed by atoms with E-state index in [-0.39, 0.29) is 0 Å². The lowest BCUT2D eigenvalue weighted by atomic mass is 9.59. The third-order valence-corrected chi connectivity index (χ3v) is 7.57. The molecule has 0 aliphatic carbocycles. The smallest absolute Gasteiger partial charge is 0.102 e. The molecule has 0 fully saturated rings. The van der Waals surface area contributed by atoms with Crippen LogP contribution >= 0.6 is 15.9 Å². The van der Waals surface area contributed by atoms with Crippen LogP contribution in [0.5, 0.6) is 0 Å². The summed E-state index contributed by atoms with van der Waals surface area (Å²) in [7, 11) is 11.3. The zero-order valence-corrected chi connectivity index (χ0v) is 18.6. The average molecular weight is 416 g/mol. The molecule has 0 aliphatic heterocycles. The molecule has 6 heteroatoms.